The molecule has 6 heteroatoms. The molecule has 0 spiro atoms. The van der Waals surface area contributed by atoms with E-state index in [0.29, 0.717) is 12.1 Å². The molecule has 0 saturated heterocycles. The molecule has 0 radical (unpaired) electrons. The van der Waals surface area contributed by atoms with E-state index in [0.717, 1.165) is 22.5 Å². The average molecular weight is 335 g/mol. The zero-order valence-corrected chi connectivity index (χ0v) is 14.6. The molecule has 25 heavy (non-hydrogen) atoms. The highest BCUT2D eigenvalue weighted by atomic mass is 16.1. The van der Waals surface area contributed by atoms with Gasteiger partial charge >= 0.3 is 0 Å². The number of hydrogen-bond acceptors (Lipinski definition) is 4. The van der Waals surface area contributed by atoms with E-state index >= 15 is 0 Å². The van der Waals surface area contributed by atoms with Gasteiger partial charge in [-0.15, -0.1) is 0 Å². The first-order valence-electron chi connectivity index (χ1n) is 8.02. The maximum atomic E-state index is 12.4. The van der Waals surface area contributed by atoms with Crippen molar-refractivity contribution in [2.75, 3.05) is 19.0 Å². The Morgan fingerprint density at radius 1 is 1.12 bits per heavy atom. The maximum Gasteiger partial charge on any atom is 0.253 e. The molecule has 1 aromatic carbocycles. The molecule has 1 N–H and O–H groups in total. The van der Waals surface area contributed by atoms with Crippen LogP contribution in [0.5, 0.6) is 0 Å². The Bertz CT molecular complexity index is 868. The maximum absolute atomic E-state index is 12.4. The minimum absolute atomic E-state index is 0.152. The lowest BCUT2D eigenvalue weighted by Gasteiger charge is -2.13. The van der Waals surface area contributed by atoms with Gasteiger partial charge in [-0.25, -0.2) is 0 Å². The van der Waals surface area contributed by atoms with Crippen LogP contribution >= 0.6 is 0 Å². The van der Waals surface area contributed by atoms with Gasteiger partial charge in [0.25, 0.3) is 5.91 Å². The van der Waals surface area contributed by atoms with Gasteiger partial charge in [-0.3, -0.25) is 14.5 Å². The number of benzene rings is 1. The van der Waals surface area contributed by atoms with Crippen LogP contribution in [0, 0.1) is 0 Å². The van der Waals surface area contributed by atoms with E-state index in [4.69, 9.17) is 0 Å². The molecule has 0 fully saturated rings. The summed E-state index contributed by atoms with van der Waals surface area (Å²) in [6, 6.07) is 11.9. The van der Waals surface area contributed by atoms with E-state index < -0.39 is 0 Å². The third-order valence-electron chi connectivity index (χ3n) is 4.07. The Morgan fingerprint density at radius 3 is 2.52 bits per heavy atom. The smallest absolute Gasteiger partial charge is 0.253 e. The lowest BCUT2D eigenvalue weighted by atomic mass is 10.1. The summed E-state index contributed by atoms with van der Waals surface area (Å²) >= 11 is 0. The summed E-state index contributed by atoms with van der Waals surface area (Å²) in [5, 5.41) is 6.99. The lowest BCUT2D eigenvalue weighted by molar-refractivity contribution is 0.0949. The first-order chi connectivity index (χ1) is 12.0. The van der Waals surface area contributed by atoms with Crippen molar-refractivity contribution in [1.82, 2.24) is 20.1 Å². The summed E-state index contributed by atoms with van der Waals surface area (Å²) < 4.78 is 1.74. The Morgan fingerprint density at radius 2 is 1.88 bits per heavy atom. The minimum Gasteiger partial charge on any atom is -0.378 e. The first kappa shape index (κ1) is 16.7. The van der Waals surface area contributed by atoms with Gasteiger partial charge in [0, 0.05) is 51.0 Å². The molecule has 0 saturated carbocycles. The molecule has 2 heterocycles. The highest BCUT2D eigenvalue weighted by Gasteiger charge is 2.09. The van der Waals surface area contributed by atoms with Crippen LogP contribution in [0.1, 0.15) is 16.1 Å². The van der Waals surface area contributed by atoms with Gasteiger partial charge in [-0.1, -0.05) is 12.1 Å². The number of nitrogens with one attached hydrogen (secondary N) is 1. The molecule has 0 unspecified atom stereocenters. The largest absolute Gasteiger partial charge is 0.378 e. The van der Waals surface area contributed by atoms with Gasteiger partial charge in [0.05, 0.1) is 17.8 Å². The van der Waals surface area contributed by atoms with Crippen molar-refractivity contribution >= 4 is 11.6 Å². The monoisotopic (exact) mass is 335 g/mol. The molecular formula is C19H21N5O. The van der Waals surface area contributed by atoms with Crippen molar-refractivity contribution in [1.29, 1.82) is 0 Å². The van der Waals surface area contributed by atoms with Gasteiger partial charge in [-0.05, 0) is 29.8 Å². The topological polar surface area (TPSA) is 63.1 Å². The summed E-state index contributed by atoms with van der Waals surface area (Å²) in [4.78, 5) is 18.7. The van der Waals surface area contributed by atoms with E-state index in [1.165, 1.54) is 0 Å². The van der Waals surface area contributed by atoms with Crippen molar-refractivity contribution in [2.24, 2.45) is 7.05 Å². The molecule has 3 rings (SSSR count). The van der Waals surface area contributed by atoms with Crippen molar-refractivity contribution in [3.8, 4) is 11.1 Å². The van der Waals surface area contributed by atoms with E-state index in [2.05, 4.69) is 15.4 Å². The lowest BCUT2D eigenvalue weighted by Crippen LogP contribution is -2.24. The van der Waals surface area contributed by atoms with Crippen LogP contribution in [0.4, 0.5) is 5.69 Å². The number of anilines is 1. The number of aromatic nitrogens is 3. The molecule has 2 aromatic heterocycles. The molecule has 0 aliphatic heterocycles. The number of carbonyl (C=O) groups excluding carboxylic acids is 1. The van der Waals surface area contributed by atoms with Crippen LogP contribution in [0.2, 0.25) is 0 Å². The van der Waals surface area contributed by atoms with Crippen LogP contribution < -0.4 is 10.2 Å². The summed E-state index contributed by atoms with van der Waals surface area (Å²) in [6.07, 6.45) is 5.06. The number of nitrogens with zero attached hydrogens (tertiary/aromatic N) is 4. The second-order valence-electron chi connectivity index (χ2n) is 6.03. The number of aryl methyl sites for hydroxylation is 1. The average Bonchev–Trinajstić information content (AvgIpc) is 3.05. The zero-order chi connectivity index (χ0) is 17.8. The second-order valence-corrected chi connectivity index (χ2v) is 6.03. The normalized spacial score (nSPS) is 10.5. The second kappa shape index (κ2) is 7.17. The Labute approximate surface area is 147 Å². The quantitative estimate of drug-likeness (QED) is 0.778. The Hall–Kier alpha value is -3.15. The SMILES string of the molecule is CN(C)c1ccc(-c2cncc(C(=O)NCc3ccnn3C)c2)cc1. The van der Waals surface area contributed by atoms with E-state index in [9.17, 15) is 4.79 Å². The van der Waals surface area contributed by atoms with Crippen molar-refractivity contribution < 1.29 is 4.79 Å². The molecular weight excluding hydrogens is 314 g/mol. The van der Waals surface area contributed by atoms with Crippen LogP contribution in [-0.4, -0.2) is 34.8 Å². The molecule has 0 aliphatic carbocycles. The van der Waals surface area contributed by atoms with E-state index in [1.54, 1.807) is 23.3 Å². The highest BCUT2D eigenvalue weighted by Crippen LogP contribution is 2.22. The molecule has 0 aliphatic rings. The zero-order valence-electron chi connectivity index (χ0n) is 14.6. The van der Waals surface area contributed by atoms with Crippen molar-refractivity contribution in [2.45, 2.75) is 6.54 Å². The summed E-state index contributed by atoms with van der Waals surface area (Å²) in [7, 11) is 5.86. The first-order valence-corrected chi connectivity index (χ1v) is 8.02. The van der Waals surface area contributed by atoms with E-state index in [-0.39, 0.29) is 5.91 Å². The predicted molar refractivity (Wildman–Crippen MR) is 98.4 cm³/mol. The van der Waals surface area contributed by atoms with Gasteiger partial charge < -0.3 is 10.2 Å². The summed E-state index contributed by atoms with van der Waals surface area (Å²) in [5.74, 6) is -0.152. The molecule has 0 bridgehead atoms. The molecule has 6 nitrogen and oxygen atoms in total. The fourth-order valence-electron chi connectivity index (χ4n) is 2.52. The molecule has 3 aromatic rings. The Kier molecular flexibility index (Phi) is 4.79. The van der Waals surface area contributed by atoms with Crippen LogP contribution in [0.25, 0.3) is 11.1 Å². The van der Waals surface area contributed by atoms with Gasteiger partial charge in [0.15, 0.2) is 0 Å². The third-order valence-corrected chi connectivity index (χ3v) is 4.07. The van der Waals surface area contributed by atoms with E-state index in [1.807, 2.05) is 62.4 Å². The third kappa shape index (κ3) is 3.85. The summed E-state index contributed by atoms with van der Waals surface area (Å²) in [6.45, 7) is 0.428. The number of amides is 1. The van der Waals surface area contributed by atoms with Gasteiger partial charge in [0.1, 0.15) is 0 Å². The van der Waals surface area contributed by atoms with Gasteiger partial charge in [-0.2, -0.15) is 5.10 Å². The number of pyridine rings is 1. The number of hydrogen-bond donors (Lipinski definition) is 1. The standard InChI is InChI=1S/C19H21N5O/c1-23(2)17-6-4-14(5-7-17)15-10-16(12-20-11-15)19(25)21-13-18-8-9-22-24(18)3/h4-12H,13H2,1-3H3,(H,21,25). The molecule has 1 amide bonds. The number of rotatable bonds is 5. The highest BCUT2D eigenvalue weighted by molar-refractivity contribution is 5.95. The fourth-order valence-corrected chi connectivity index (χ4v) is 2.52. The number of carbonyl (C=O) groups is 1. The fraction of sp³-hybridized carbons (Fsp3) is 0.211. The predicted octanol–water partition coefficient (Wildman–Crippen LogP) is 2.48. The minimum atomic E-state index is -0.152. The molecule has 0 atom stereocenters. The van der Waals surface area contributed by atoms with Crippen LogP contribution in [-0.2, 0) is 13.6 Å². The van der Waals surface area contributed by atoms with Crippen LogP contribution in [0.3, 0.4) is 0 Å². The Balaban J connectivity index is 1.74. The van der Waals surface area contributed by atoms with Crippen LogP contribution in [0.15, 0.2) is 55.0 Å². The molecule has 128 valence electrons. The summed E-state index contributed by atoms with van der Waals surface area (Å²) in [5.41, 5.74) is 4.55. The van der Waals surface area contributed by atoms with Crippen molar-refractivity contribution in [3.63, 3.8) is 0 Å². The van der Waals surface area contributed by atoms with Gasteiger partial charge in [0.2, 0.25) is 0 Å². The van der Waals surface area contributed by atoms with Crippen molar-refractivity contribution in [3.05, 3.63) is 66.2 Å².